The molecule has 1 saturated carbocycles. The highest BCUT2D eigenvalue weighted by Crippen LogP contribution is 2.30. The van der Waals surface area contributed by atoms with Crippen molar-refractivity contribution >= 4 is 34.5 Å². The van der Waals surface area contributed by atoms with Crippen molar-refractivity contribution in [2.24, 2.45) is 5.92 Å². The zero-order chi connectivity index (χ0) is 21.8. The van der Waals surface area contributed by atoms with Crippen LogP contribution in [0.3, 0.4) is 0 Å². The van der Waals surface area contributed by atoms with Gasteiger partial charge < -0.3 is 19.5 Å². The molecule has 31 heavy (non-hydrogen) atoms. The Morgan fingerprint density at radius 3 is 2.58 bits per heavy atom. The van der Waals surface area contributed by atoms with E-state index in [9.17, 15) is 9.59 Å². The molecule has 4 rings (SSSR count). The molecule has 162 valence electrons. The predicted octanol–water partition coefficient (Wildman–Crippen LogP) is 4.99. The second kappa shape index (κ2) is 9.39. The van der Waals surface area contributed by atoms with Crippen LogP contribution in [-0.4, -0.2) is 30.8 Å². The Hall–Kier alpha value is -3.06. The third-order valence-electron chi connectivity index (χ3n) is 5.61. The number of hydrogen-bond donors (Lipinski definition) is 1. The zero-order valence-electron chi connectivity index (χ0n) is 17.8. The minimum absolute atomic E-state index is 0.0417. The van der Waals surface area contributed by atoms with Gasteiger partial charge in [-0.15, -0.1) is 11.3 Å². The van der Waals surface area contributed by atoms with Gasteiger partial charge in [0.05, 0.1) is 17.7 Å². The van der Waals surface area contributed by atoms with E-state index in [0.29, 0.717) is 18.0 Å². The van der Waals surface area contributed by atoms with E-state index in [4.69, 9.17) is 4.42 Å². The number of amides is 2. The van der Waals surface area contributed by atoms with Crippen LogP contribution >= 0.6 is 11.3 Å². The van der Waals surface area contributed by atoms with Crippen LogP contribution in [0.1, 0.15) is 40.3 Å². The Kier molecular flexibility index (Phi) is 6.42. The summed E-state index contributed by atoms with van der Waals surface area (Å²) in [4.78, 5) is 30.1. The number of rotatable bonds is 8. The molecular weight excluding hydrogens is 410 g/mol. The quantitative estimate of drug-likeness (QED) is 0.539. The molecule has 0 aliphatic heterocycles. The highest BCUT2D eigenvalue weighted by Gasteiger charge is 2.26. The lowest BCUT2D eigenvalue weighted by atomic mass is 9.85. The van der Waals surface area contributed by atoms with Crippen LogP contribution in [0.4, 0.5) is 11.4 Å². The molecule has 2 amide bonds. The number of nitrogens with zero attached hydrogens (tertiary/aromatic N) is 2. The van der Waals surface area contributed by atoms with Gasteiger partial charge in [-0.2, -0.15) is 0 Å². The summed E-state index contributed by atoms with van der Waals surface area (Å²) >= 11 is 1.43. The molecule has 1 fully saturated rings. The third kappa shape index (κ3) is 4.99. The summed E-state index contributed by atoms with van der Waals surface area (Å²) in [5.74, 6) is 0.885. The normalized spacial score (nSPS) is 13.5. The molecular formula is C24H27N3O3S. The molecule has 3 aromatic rings. The Balaban J connectivity index is 1.61. The van der Waals surface area contributed by atoms with E-state index >= 15 is 0 Å². The Labute approximate surface area is 186 Å². The molecule has 0 spiro atoms. The fourth-order valence-electron chi connectivity index (χ4n) is 3.69. The first-order valence-electron chi connectivity index (χ1n) is 10.5. The Bertz CT molecular complexity index is 1020. The number of furan rings is 1. The van der Waals surface area contributed by atoms with Gasteiger partial charge in [0.15, 0.2) is 0 Å². The molecule has 1 aliphatic carbocycles. The van der Waals surface area contributed by atoms with E-state index in [1.165, 1.54) is 11.3 Å². The minimum atomic E-state index is -0.0417. The second-order valence-electron chi connectivity index (χ2n) is 8.07. The Morgan fingerprint density at radius 1 is 1.13 bits per heavy atom. The zero-order valence-corrected chi connectivity index (χ0v) is 18.7. The Morgan fingerprint density at radius 2 is 1.97 bits per heavy atom. The molecule has 0 saturated heterocycles. The van der Waals surface area contributed by atoms with E-state index in [0.717, 1.165) is 42.0 Å². The first-order valence-corrected chi connectivity index (χ1v) is 11.4. The first-order chi connectivity index (χ1) is 15.0. The number of carbonyl (C=O) groups excluding carboxylic acids is 2. The maximum Gasteiger partial charge on any atom is 0.264 e. The fraction of sp³-hybridized carbons (Fsp3) is 0.333. The SMILES string of the molecule is CN(C)c1ccc(NC(=O)C2CCC2)cc1CN(Cc1ccco1)C(=O)c1cccs1. The number of benzene rings is 1. The van der Waals surface area contributed by atoms with Gasteiger partial charge in [-0.1, -0.05) is 12.5 Å². The molecule has 7 heteroatoms. The van der Waals surface area contributed by atoms with Crippen molar-refractivity contribution in [1.82, 2.24) is 4.90 Å². The molecule has 1 N–H and O–H groups in total. The molecule has 0 radical (unpaired) electrons. The van der Waals surface area contributed by atoms with Gasteiger partial charge >= 0.3 is 0 Å². The van der Waals surface area contributed by atoms with Crippen molar-refractivity contribution < 1.29 is 14.0 Å². The van der Waals surface area contributed by atoms with E-state index in [-0.39, 0.29) is 17.7 Å². The van der Waals surface area contributed by atoms with Gasteiger partial charge in [0, 0.05) is 37.9 Å². The first kappa shape index (κ1) is 21.2. The van der Waals surface area contributed by atoms with Crippen LogP contribution in [0.2, 0.25) is 0 Å². The summed E-state index contributed by atoms with van der Waals surface area (Å²) in [5, 5.41) is 4.95. The van der Waals surface area contributed by atoms with Crippen molar-refractivity contribution in [3.05, 3.63) is 70.3 Å². The maximum absolute atomic E-state index is 13.2. The number of nitrogens with one attached hydrogen (secondary N) is 1. The van der Waals surface area contributed by atoms with Crippen LogP contribution in [0.5, 0.6) is 0 Å². The number of thiophene rings is 1. The average molecular weight is 438 g/mol. The van der Waals surface area contributed by atoms with Crippen LogP contribution in [0.15, 0.2) is 58.5 Å². The smallest absolute Gasteiger partial charge is 0.264 e. The van der Waals surface area contributed by atoms with Crippen molar-refractivity contribution in [2.75, 3.05) is 24.3 Å². The summed E-state index contributed by atoms with van der Waals surface area (Å²) in [7, 11) is 3.95. The van der Waals surface area contributed by atoms with E-state index in [1.54, 1.807) is 11.2 Å². The lowest BCUT2D eigenvalue weighted by Crippen LogP contribution is -2.30. The molecule has 0 atom stereocenters. The van der Waals surface area contributed by atoms with Crippen LogP contribution in [-0.2, 0) is 17.9 Å². The molecule has 1 aromatic carbocycles. The minimum Gasteiger partial charge on any atom is -0.467 e. The van der Waals surface area contributed by atoms with Crippen molar-refractivity contribution in [3.8, 4) is 0 Å². The summed E-state index contributed by atoms with van der Waals surface area (Å²) < 4.78 is 5.51. The van der Waals surface area contributed by atoms with Crippen LogP contribution in [0.25, 0.3) is 0 Å². The number of carbonyl (C=O) groups is 2. The van der Waals surface area contributed by atoms with Gasteiger partial charge in [-0.3, -0.25) is 9.59 Å². The lowest BCUT2D eigenvalue weighted by molar-refractivity contribution is -0.122. The largest absolute Gasteiger partial charge is 0.467 e. The summed E-state index contributed by atoms with van der Waals surface area (Å²) in [6.45, 7) is 0.771. The van der Waals surface area contributed by atoms with Gasteiger partial charge in [-0.25, -0.2) is 0 Å². The molecule has 6 nitrogen and oxygen atoms in total. The molecule has 0 bridgehead atoms. The standard InChI is InChI=1S/C24H27N3O3S/c1-26(2)21-11-10-19(25-23(28)17-6-3-7-17)14-18(21)15-27(16-20-8-4-12-30-20)24(29)22-9-5-13-31-22/h4-5,8-14,17H,3,6-7,15-16H2,1-2H3,(H,25,28). The van der Waals surface area contributed by atoms with Gasteiger partial charge in [0.2, 0.25) is 5.91 Å². The van der Waals surface area contributed by atoms with Crippen LogP contribution < -0.4 is 10.2 Å². The number of hydrogen-bond acceptors (Lipinski definition) is 5. The highest BCUT2D eigenvalue weighted by atomic mass is 32.1. The highest BCUT2D eigenvalue weighted by molar-refractivity contribution is 7.12. The van der Waals surface area contributed by atoms with Crippen molar-refractivity contribution in [3.63, 3.8) is 0 Å². The number of anilines is 2. The van der Waals surface area contributed by atoms with Gasteiger partial charge in [0.25, 0.3) is 5.91 Å². The van der Waals surface area contributed by atoms with Crippen molar-refractivity contribution in [1.29, 1.82) is 0 Å². The fourth-order valence-corrected chi connectivity index (χ4v) is 4.38. The van der Waals surface area contributed by atoms with Crippen LogP contribution in [0, 0.1) is 5.92 Å². The molecule has 2 heterocycles. The van der Waals surface area contributed by atoms with E-state index in [1.807, 2.05) is 66.8 Å². The van der Waals surface area contributed by atoms with Gasteiger partial charge in [0.1, 0.15) is 5.76 Å². The lowest BCUT2D eigenvalue weighted by Gasteiger charge is -2.26. The molecule has 2 aromatic heterocycles. The summed E-state index contributed by atoms with van der Waals surface area (Å²) in [6.07, 6.45) is 4.65. The topological polar surface area (TPSA) is 65.8 Å². The predicted molar refractivity (Wildman–Crippen MR) is 123 cm³/mol. The summed E-state index contributed by atoms with van der Waals surface area (Å²) in [6, 6.07) is 13.3. The maximum atomic E-state index is 13.2. The second-order valence-corrected chi connectivity index (χ2v) is 9.02. The monoisotopic (exact) mass is 437 g/mol. The van der Waals surface area contributed by atoms with E-state index < -0.39 is 0 Å². The molecule has 1 aliphatic rings. The van der Waals surface area contributed by atoms with Gasteiger partial charge in [-0.05, 0) is 60.2 Å². The van der Waals surface area contributed by atoms with Crippen molar-refractivity contribution in [2.45, 2.75) is 32.4 Å². The third-order valence-corrected chi connectivity index (χ3v) is 6.47. The summed E-state index contributed by atoms with van der Waals surface area (Å²) in [5.41, 5.74) is 2.73. The molecule has 0 unspecified atom stereocenters. The van der Waals surface area contributed by atoms with E-state index in [2.05, 4.69) is 5.32 Å². The average Bonchev–Trinajstić information content (AvgIpc) is 3.39.